The van der Waals surface area contributed by atoms with E-state index in [9.17, 15) is 14.9 Å². The number of ether oxygens (including phenoxy) is 3. The Morgan fingerprint density at radius 2 is 1.66 bits per heavy atom. The second-order valence-corrected chi connectivity index (χ2v) is 7.35. The van der Waals surface area contributed by atoms with E-state index >= 15 is 0 Å². The molecule has 1 fully saturated rings. The highest BCUT2D eigenvalue weighted by molar-refractivity contribution is 6.05. The van der Waals surface area contributed by atoms with Crippen molar-refractivity contribution >= 4 is 17.3 Å². The van der Waals surface area contributed by atoms with E-state index in [0.29, 0.717) is 22.9 Å². The number of β-lactam (4-membered cyclic amide) rings is 1. The van der Waals surface area contributed by atoms with Crippen molar-refractivity contribution in [3.05, 3.63) is 88.0 Å². The third-order valence-electron chi connectivity index (χ3n) is 5.46. The molecule has 164 valence electrons. The number of methoxy groups -OCH3 is 2. The monoisotopic (exact) mass is 434 g/mol. The van der Waals surface area contributed by atoms with E-state index in [2.05, 4.69) is 0 Å². The zero-order valence-corrected chi connectivity index (χ0v) is 17.8. The molecule has 3 aromatic carbocycles. The van der Waals surface area contributed by atoms with Crippen molar-refractivity contribution in [1.29, 1.82) is 0 Å². The first-order valence-corrected chi connectivity index (χ1v) is 9.96. The van der Waals surface area contributed by atoms with E-state index in [0.717, 1.165) is 11.1 Å². The fraction of sp³-hybridized carbons (Fsp3) is 0.208. The minimum absolute atomic E-state index is 0.0929. The van der Waals surface area contributed by atoms with Gasteiger partial charge in [0, 0.05) is 12.1 Å². The summed E-state index contributed by atoms with van der Waals surface area (Å²) in [6.45, 7) is 1.90. The van der Waals surface area contributed by atoms with Gasteiger partial charge in [-0.25, -0.2) is 0 Å². The molecular weight excluding hydrogens is 412 g/mol. The SMILES string of the molecule is COc1ccc([C@@H]2[C@H](Oc3ccccc3C)C(=O)N2c2cccc([N+](=O)[O-])c2)cc1OC. The fourth-order valence-corrected chi connectivity index (χ4v) is 3.81. The number of amides is 1. The van der Waals surface area contributed by atoms with Crippen LogP contribution in [0.3, 0.4) is 0 Å². The number of hydrogen-bond donors (Lipinski definition) is 0. The Morgan fingerprint density at radius 1 is 0.906 bits per heavy atom. The molecule has 8 heteroatoms. The molecule has 3 aromatic rings. The quantitative estimate of drug-likeness (QED) is 0.310. The molecule has 0 spiro atoms. The van der Waals surface area contributed by atoms with Crippen LogP contribution in [0.2, 0.25) is 0 Å². The van der Waals surface area contributed by atoms with Gasteiger partial charge in [-0.2, -0.15) is 0 Å². The van der Waals surface area contributed by atoms with Gasteiger partial charge < -0.3 is 14.2 Å². The van der Waals surface area contributed by atoms with Crippen LogP contribution in [0, 0.1) is 17.0 Å². The molecule has 32 heavy (non-hydrogen) atoms. The molecule has 1 amide bonds. The third kappa shape index (κ3) is 3.71. The molecule has 1 aliphatic rings. The molecule has 0 N–H and O–H groups in total. The summed E-state index contributed by atoms with van der Waals surface area (Å²) in [5.41, 5.74) is 1.99. The van der Waals surface area contributed by atoms with Gasteiger partial charge in [-0.15, -0.1) is 0 Å². The Kier molecular flexibility index (Phi) is 5.68. The number of nitro groups is 1. The van der Waals surface area contributed by atoms with E-state index < -0.39 is 17.1 Å². The molecule has 1 saturated heterocycles. The van der Waals surface area contributed by atoms with Gasteiger partial charge in [0.25, 0.3) is 11.6 Å². The van der Waals surface area contributed by atoms with Crippen LogP contribution in [-0.4, -0.2) is 31.2 Å². The minimum Gasteiger partial charge on any atom is -0.493 e. The lowest BCUT2D eigenvalue weighted by atomic mass is 9.89. The molecule has 1 aliphatic heterocycles. The van der Waals surface area contributed by atoms with Crippen LogP contribution in [0.15, 0.2) is 66.7 Å². The summed E-state index contributed by atoms with van der Waals surface area (Å²) in [6, 6.07) is 18.3. The van der Waals surface area contributed by atoms with Gasteiger partial charge in [-0.05, 0) is 42.3 Å². The maximum atomic E-state index is 13.2. The van der Waals surface area contributed by atoms with Crippen molar-refractivity contribution in [1.82, 2.24) is 0 Å². The van der Waals surface area contributed by atoms with Gasteiger partial charge in [-0.1, -0.05) is 30.3 Å². The van der Waals surface area contributed by atoms with Crippen molar-refractivity contribution in [3.63, 3.8) is 0 Å². The summed E-state index contributed by atoms with van der Waals surface area (Å²) in [6.07, 6.45) is -0.798. The van der Waals surface area contributed by atoms with Gasteiger partial charge >= 0.3 is 0 Å². The molecule has 0 aliphatic carbocycles. The smallest absolute Gasteiger partial charge is 0.271 e. The molecule has 2 atom stereocenters. The van der Waals surface area contributed by atoms with Crippen molar-refractivity contribution < 1.29 is 23.9 Å². The number of aryl methyl sites for hydroxylation is 1. The molecule has 0 aromatic heterocycles. The summed E-state index contributed by atoms with van der Waals surface area (Å²) >= 11 is 0. The zero-order valence-electron chi connectivity index (χ0n) is 17.8. The Balaban J connectivity index is 1.76. The van der Waals surface area contributed by atoms with Crippen molar-refractivity contribution in [2.45, 2.75) is 19.1 Å². The number of anilines is 1. The molecule has 1 heterocycles. The number of non-ortho nitro benzene ring substituents is 1. The summed E-state index contributed by atoms with van der Waals surface area (Å²) < 4.78 is 16.9. The van der Waals surface area contributed by atoms with Gasteiger partial charge in [0.05, 0.1) is 24.8 Å². The van der Waals surface area contributed by atoms with Crippen LogP contribution in [0.1, 0.15) is 17.2 Å². The molecular formula is C24H22N2O6. The normalized spacial score (nSPS) is 17.5. The maximum Gasteiger partial charge on any atom is 0.271 e. The Labute approximate surface area is 185 Å². The number of nitrogens with zero attached hydrogens (tertiary/aromatic N) is 2. The van der Waals surface area contributed by atoms with Crippen LogP contribution < -0.4 is 19.1 Å². The second-order valence-electron chi connectivity index (χ2n) is 7.35. The lowest BCUT2D eigenvalue weighted by Gasteiger charge is -2.46. The zero-order chi connectivity index (χ0) is 22.8. The summed E-state index contributed by atoms with van der Waals surface area (Å²) in [5, 5.41) is 11.3. The first kappa shape index (κ1) is 21.2. The lowest BCUT2D eigenvalue weighted by Crippen LogP contribution is -2.61. The first-order valence-electron chi connectivity index (χ1n) is 9.96. The predicted octanol–water partition coefficient (Wildman–Crippen LogP) is 4.46. The van der Waals surface area contributed by atoms with Crippen LogP contribution >= 0.6 is 0 Å². The van der Waals surface area contributed by atoms with E-state index in [1.807, 2.05) is 37.3 Å². The van der Waals surface area contributed by atoms with Crippen molar-refractivity contribution in [2.24, 2.45) is 0 Å². The van der Waals surface area contributed by atoms with Crippen LogP contribution in [0.4, 0.5) is 11.4 Å². The Bertz CT molecular complexity index is 1180. The van der Waals surface area contributed by atoms with E-state index in [1.165, 1.54) is 24.1 Å². The second kappa shape index (κ2) is 8.58. The maximum absolute atomic E-state index is 13.2. The number of rotatable bonds is 7. The predicted molar refractivity (Wildman–Crippen MR) is 118 cm³/mol. The minimum atomic E-state index is -0.798. The number of carbonyl (C=O) groups excluding carboxylic acids is 1. The number of benzene rings is 3. The highest BCUT2D eigenvalue weighted by atomic mass is 16.6. The summed E-state index contributed by atoms with van der Waals surface area (Å²) in [7, 11) is 3.08. The third-order valence-corrected chi connectivity index (χ3v) is 5.46. The average Bonchev–Trinajstić information content (AvgIpc) is 2.81. The molecule has 0 radical (unpaired) electrons. The van der Waals surface area contributed by atoms with Crippen LogP contribution in [-0.2, 0) is 4.79 Å². The van der Waals surface area contributed by atoms with Gasteiger partial charge in [0.2, 0.25) is 6.10 Å². The number of nitro benzene ring substituents is 1. The molecule has 0 bridgehead atoms. The Hall–Kier alpha value is -4.07. The standard InChI is InChI=1S/C24H22N2O6/c1-15-7-4-5-10-19(15)32-23-22(16-11-12-20(30-2)21(13-16)31-3)25(24(23)27)17-8-6-9-18(14-17)26(28)29/h4-14,22-23H,1-3H3/t22-,23+/m1/s1. The Morgan fingerprint density at radius 3 is 2.34 bits per heavy atom. The highest BCUT2D eigenvalue weighted by Gasteiger charge is 2.51. The van der Waals surface area contributed by atoms with E-state index in [-0.39, 0.29) is 11.6 Å². The van der Waals surface area contributed by atoms with Crippen molar-refractivity contribution in [2.75, 3.05) is 19.1 Å². The number of hydrogen-bond acceptors (Lipinski definition) is 6. The van der Waals surface area contributed by atoms with E-state index in [4.69, 9.17) is 14.2 Å². The van der Waals surface area contributed by atoms with Gasteiger partial charge in [0.1, 0.15) is 11.8 Å². The van der Waals surface area contributed by atoms with Crippen LogP contribution in [0.5, 0.6) is 17.2 Å². The average molecular weight is 434 g/mol. The van der Waals surface area contributed by atoms with Gasteiger partial charge in [-0.3, -0.25) is 19.8 Å². The lowest BCUT2D eigenvalue weighted by molar-refractivity contribution is -0.384. The molecule has 0 unspecified atom stereocenters. The first-order chi connectivity index (χ1) is 15.4. The summed E-state index contributed by atoms with van der Waals surface area (Å²) in [4.78, 5) is 25.5. The largest absolute Gasteiger partial charge is 0.493 e. The molecule has 4 rings (SSSR count). The van der Waals surface area contributed by atoms with Crippen molar-refractivity contribution in [3.8, 4) is 17.2 Å². The number of para-hydroxylation sites is 1. The number of carbonyl (C=O) groups is 1. The van der Waals surface area contributed by atoms with E-state index in [1.54, 1.807) is 31.4 Å². The fourth-order valence-electron chi connectivity index (χ4n) is 3.81. The molecule has 0 saturated carbocycles. The highest BCUT2D eigenvalue weighted by Crippen LogP contribution is 2.44. The van der Waals surface area contributed by atoms with Crippen LogP contribution in [0.25, 0.3) is 0 Å². The van der Waals surface area contributed by atoms with Gasteiger partial charge in [0.15, 0.2) is 11.5 Å². The summed E-state index contributed by atoms with van der Waals surface area (Å²) in [5.74, 6) is 1.39. The molecule has 8 nitrogen and oxygen atoms in total. The topological polar surface area (TPSA) is 91.1 Å².